The van der Waals surface area contributed by atoms with Crippen LogP contribution in [0.25, 0.3) is 0 Å². The van der Waals surface area contributed by atoms with Crippen LogP contribution in [-0.4, -0.2) is 27.8 Å². The van der Waals surface area contributed by atoms with Crippen LogP contribution in [0.15, 0.2) is 36.7 Å². The Morgan fingerprint density at radius 3 is 2.72 bits per heavy atom. The molecular formula is C19H12Cl3FN4O2. The fourth-order valence-electron chi connectivity index (χ4n) is 2.53. The molecule has 1 amide bonds. The van der Waals surface area contributed by atoms with Crippen LogP contribution in [0, 0.1) is 17.1 Å². The average molecular weight is 454 g/mol. The van der Waals surface area contributed by atoms with Crippen LogP contribution >= 0.6 is 34.8 Å². The zero-order valence-electron chi connectivity index (χ0n) is 14.8. The van der Waals surface area contributed by atoms with Gasteiger partial charge in [0.25, 0.3) is 5.91 Å². The molecule has 2 aromatic carbocycles. The number of carbonyl (C=O) groups is 1. The topological polar surface area (TPSA) is 82.0 Å². The number of ether oxygens (including phenoxy) is 1. The van der Waals surface area contributed by atoms with E-state index in [1.807, 2.05) is 6.07 Å². The van der Waals surface area contributed by atoms with Crippen molar-refractivity contribution in [2.24, 2.45) is 0 Å². The van der Waals surface area contributed by atoms with Crippen LogP contribution < -0.4 is 4.74 Å². The molecule has 0 saturated heterocycles. The standard InChI is InChI=1S/C19H12Cl3FN4O2/c1-27(19(28)16-18(22)26-9-25-16)8-11-2-3-14(21)17(15(11)23)29-13-5-10(7-24)4-12(20)6-13/h2-6,9H,8H2,1H3,(H,25,26). The molecule has 0 aliphatic rings. The van der Waals surface area contributed by atoms with Gasteiger partial charge in [-0.05, 0) is 24.3 Å². The summed E-state index contributed by atoms with van der Waals surface area (Å²) in [5.41, 5.74) is 0.443. The first-order valence-electron chi connectivity index (χ1n) is 8.10. The van der Waals surface area contributed by atoms with E-state index in [1.54, 1.807) is 0 Å². The summed E-state index contributed by atoms with van der Waals surface area (Å²) in [6, 6.07) is 9.11. The third-order valence-corrected chi connectivity index (χ3v) is 4.70. The molecule has 0 aliphatic heterocycles. The monoisotopic (exact) mass is 452 g/mol. The zero-order chi connectivity index (χ0) is 21.1. The Hall–Kier alpha value is -2.79. The number of rotatable bonds is 5. The Morgan fingerprint density at radius 2 is 2.07 bits per heavy atom. The second-order valence-electron chi connectivity index (χ2n) is 5.97. The number of nitriles is 1. The lowest BCUT2D eigenvalue weighted by molar-refractivity contribution is 0.0778. The van der Waals surface area contributed by atoms with E-state index in [1.165, 1.54) is 48.6 Å². The van der Waals surface area contributed by atoms with Crippen molar-refractivity contribution in [3.05, 3.63) is 74.5 Å². The van der Waals surface area contributed by atoms with Gasteiger partial charge in [0.1, 0.15) is 10.9 Å². The molecule has 0 radical (unpaired) electrons. The van der Waals surface area contributed by atoms with Crippen molar-refractivity contribution in [1.29, 1.82) is 5.26 Å². The summed E-state index contributed by atoms with van der Waals surface area (Å²) in [5.74, 6) is -1.32. The smallest absolute Gasteiger partial charge is 0.275 e. The fourth-order valence-corrected chi connectivity index (χ4v) is 3.12. The van der Waals surface area contributed by atoms with Gasteiger partial charge in [0.2, 0.25) is 0 Å². The molecule has 1 heterocycles. The molecule has 10 heteroatoms. The summed E-state index contributed by atoms with van der Waals surface area (Å²) in [5, 5.41) is 9.41. The van der Waals surface area contributed by atoms with Crippen molar-refractivity contribution < 1.29 is 13.9 Å². The summed E-state index contributed by atoms with van der Waals surface area (Å²) in [6.07, 6.45) is 1.29. The van der Waals surface area contributed by atoms with Gasteiger partial charge in [0.05, 0.1) is 23.0 Å². The lowest BCUT2D eigenvalue weighted by atomic mass is 10.1. The fraction of sp³-hybridized carbons (Fsp3) is 0.105. The van der Waals surface area contributed by atoms with E-state index in [2.05, 4.69) is 9.97 Å². The minimum atomic E-state index is -0.747. The van der Waals surface area contributed by atoms with Gasteiger partial charge in [0.15, 0.2) is 17.3 Å². The highest BCUT2D eigenvalue weighted by molar-refractivity contribution is 6.32. The number of imidazole rings is 1. The normalized spacial score (nSPS) is 10.5. The van der Waals surface area contributed by atoms with Gasteiger partial charge in [-0.2, -0.15) is 5.26 Å². The molecule has 0 spiro atoms. The molecule has 29 heavy (non-hydrogen) atoms. The summed E-state index contributed by atoms with van der Waals surface area (Å²) in [6.45, 7) is -0.0830. The molecule has 0 fully saturated rings. The number of aromatic amines is 1. The van der Waals surface area contributed by atoms with E-state index in [0.29, 0.717) is 0 Å². The summed E-state index contributed by atoms with van der Waals surface area (Å²) >= 11 is 17.9. The quantitative estimate of drug-likeness (QED) is 0.557. The molecule has 0 aliphatic carbocycles. The average Bonchev–Trinajstić information content (AvgIpc) is 3.12. The van der Waals surface area contributed by atoms with Crippen LogP contribution in [0.4, 0.5) is 4.39 Å². The van der Waals surface area contributed by atoms with E-state index >= 15 is 4.39 Å². The number of carbonyl (C=O) groups excluding carboxylic acids is 1. The number of H-pyrrole nitrogens is 1. The summed E-state index contributed by atoms with van der Waals surface area (Å²) in [4.78, 5) is 20.1. The van der Waals surface area contributed by atoms with Crippen molar-refractivity contribution in [2.45, 2.75) is 6.54 Å². The molecule has 3 aromatic rings. The predicted molar refractivity (Wildman–Crippen MR) is 107 cm³/mol. The molecule has 3 rings (SSSR count). The summed E-state index contributed by atoms with van der Waals surface area (Å²) in [7, 11) is 1.48. The van der Waals surface area contributed by atoms with Crippen molar-refractivity contribution in [3.63, 3.8) is 0 Å². The van der Waals surface area contributed by atoms with Gasteiger partial charge >= 0.3 is 0 Å². The van der Waals surface area contributed by atoms with Crippen LogP contribution in [0.2, 0.25) is 15.2 Å². The van der Waals surface area contributed by atoms with Gasteiger partial charge in [-0.1, -0.05) is 40.9 Å². The molecule has 0 atom stereocenters. The molecular weight excluding hydrogens is 442 g/mol. The highest BCUT2D eigenvalue weighted by Gasteiger charge is 2.21. The lowest BCUT2D eigenvalue weighted by Gasteiger charge is -2.18. The number of aromatic nitrogens is 2. The molecule has 1 aromatic heterocycles. The molecule has 1 N–H and O–H groups in total. The number of benzene rings is 2. The zero-order valence-corrected chi connectivity index (χ0v) is 17.1. The second kappa shape index (κ2) is 8.70. The SMILES string of the molecule is CN(Cc1ccc(Cl)c(Oc2cc(Cl)cc(C#N)c2)c1F)C(=O)c1nc[nH]c1Cl. The van der Waals surface area contributed by atoms with Gasteiger partial charge < -0.3 is 14.6 Å². The van der Waals surface area contributed by atoms with E-state index in [4.69, 9.17) is 44.8 Å². The van der Waals surface area contributed by atoms with Gasteiger partial charge in [0, 0.05) is 24.2 Å². The largest absolute Gasteiger partial charge is 0.453 e. The van der Waals surface area contributed by atoms with E-state index < -0.39 is 11.7 Å². The first-order chi connectivity index (χ1) is 13.8. The van der Waals surface area contributed by atoms with E-state index in [-0.39, 0.29) is 50.1 Å². The van der Waals surface area contributed by atoms with Crippen LogP contribution in [0.3, 0.4) is 0 Å². The van der Waals surface area contributed by atoms with Crippen LogP contribution in [0.1, 0.15) is 21.6 Å². The van der Waals surface area contributed by atoms with Crippen molar-refractivity contribution in [1.82, 2.24) is 14.9 Å². The third-order valence-electron chi connectivity index (χ3n) is 3.90. The van der Waals surface area contributed by atoms with Crippen molar-refractivity contribution >= 4 is 40.7 Å². The minimum Gasteiger partial charge on any atom is -0.453 e. The Balaban J connectivity index is 1.87. The minimum absolute atomic E-state index is 0.0223. The van der Waals surface area contributed by atoms with E-state index in [0.717, 1.165) is 0 Å². The Morgan fingerprint density at radius 1 is 1.31 bits per heavy atom. The second-order valence-corrected chi connectivity index (χ2v) is 7.19. The Kier molecular flexibility index (Phi) is 6.28. The van der Waals surface area contributed by atoms with Crippen LogP contribution in [-0.2, 0) is 6.54 Å². The first-order valence-corrected chi connectivity index (χ1v) is 9.23. The third kappa shape index (κ3) is 4.62. The number of halogens is 4. The number of nitrogens with zero attached hydrogens (tertiary/aromatic N) is 3. The number of hydrogen-bond donors (Lipinski definition) is 1. The number of amides is 1. The molecule has 0 bridgehead atoms. The maximum atomic E-state index is 15.1. The van der Waals surface area contributed by atoms with Gasteiger partial charge in [-0.3, -0.25) is 4.79 Å². The first kappa shape index (κ1) is 20.9. The van der Waals surface area contributed by atoms with E-state index in [9.17, 15) is 4.79 Å². The van der Waals surface area contributed by atoms with Crippen LogP contribution in [0.5, 0.6) is 11.5 Å². The molecule has 148 valence electrons. The maximum absolute atomic E-state index is 15.1. The number of hydrogen-bond acceptors (Lipinski definition) is 4. The van der Waals surface area contributed by atoms with Crippen molar-refractivity contribution in [3.8, 4) is 17.6 Å². The highest BCUT2D eigenvalue weighted by Crippen LogP contribution is 2.35. The number of nitrogens with one attached hydrogen (secondary N) is 1. The predicted octanol–water partition coefficient (Wildman–Crippen LogP) is 5.45. The lowest BCUT2D eigenvalue weighted by Crippen LogP contribution is -2.27. The van der Waals surface area contributed by atoms with Crippen molar-refractivity contribution in [2.75, 3.05) is 7.05 Å². The maximum Gasteiger partial charge on any atom is 0.275 e. The molecule has 0 saturated carbocycles. The van der Waals surface area contributed by atoms with Gasteiger partial charge in [-0.25, -0.2) is 9.37 Å². The Bertz CT molecular complexity index is 1130. The van der Waals surface area contributed by atoms with Gasteiger partial charge in [-0.15, -0.1) is 0 Å². The highest BCUT2D eigenvalue weighted by atomic mass is 35.5. The molecule has 0 unspecified atom stereocenters. The molecule has 6 nitrogen and oxygen atoms in total. The Labute approximate surface area is 180 Å². The summed E-state index contributed by atoms with van der Waals surface area (Å²) < 4.78 is 20.6.